The van der Waals surface area contributed by atoms with E-state index in [4.69, 9.17) is 14.6 Å². The smallest absolute Gasteiger partial charge is 0.274 e. The summed E-state index contributed by atoms with van der Waals surface area (Å²) in [6.45, 7) is 0.562. The molecule has 21 heavy (non-hydrogen) atoms. The molecule has 1 heterocycles. The molecule has 0 radical (unpaired) electrons. The van der Waals surface area contributed by atoms with Crippen LogP contribution in [-0.4, -0.2) is 21.8 Å². The maximum Gasteiger partial charge on any atom is 0.274 e. The molecule has 6 nitrogen and oxygen atoms in total. The van der Waals surface area contributed by atoms with Crippen LogP contribution in [0, 0.1) is 0 Å². The Bertz CT molecular complexity index is 624. The number of nitrogens with two attached hydrogens (primary N) is 1. The molecule has 0 atom stereocenters. The van der Waals surface area contributed by atoms with E-state index in [1.54, 1.807) is 0 Å². The van der Waals surface area contributed by atoms with Crippen LogP contribution in [0.25, 0.3) is 0 Å². The standard InChI is InChI=1S/C14H20N2O4S/c15-21(17,18)16-9-14(6-2-1-3-7-14)11-4-5-12-13(8-11)20-10-19-12/h4-5,8,16H,1-3,6-7,9-10H2,(H2,15,17,18). The lowest BCUT2D eigenvalue weighted by atomic mass is 9.69. The third-order valence-corrected chi connectivity index (χ3v) is 4.95. The van der Waals surface area contributed by atoms with Crippen molar-refractivity contribution in [2.24, 2.45) is 5.14 Å². The number of fused-ring (bicyclic) bond motifs is 1. The molecule has 0 spiro atoms. The summed E-state index contributed by atoms with van der Waals surface area (Å²) in [5.74, 6) is 1.47. The highest BCUT2D eigenvalue weighted by atomic mass is 32.2. The van der Waals surface area contributed by atoms with Crippen molar-refractivity contribution in [3.63, 3.8) is 0 Å². The van der Waals surface area contributed by atoms with Crippen LogP contribution in [0.2, 0.25) is 0 Å². The second kappa shape index (κ2) is 5.47. The van der Waals surface area contributed by atoms with E-state index in [-0.39, 0.29) is 12.2 Å². The topological polar surface area (TPSA) is 90.7 Å². The molecule has 2 aliphatic rings. The number of rotatable bonds is 4. The van der Waals surface area contributed by atoms with Gasteiger partial charge in [-0.3, -0.25) is 0 Å². The van der Waals surface area contributed by atoms with E-state index in [0.717, 1.165) is 42.7 Å². The molecule has 0 bridgehead atoms. The SMILES string of the molecule is NS(=O)(=O)NCC1(c2ccc3c(c2)OCO3)CCCCC1. The van der Waals surface area contributed by atoms with Crippen molar-refractivity contribution in [1.29, 1.82) is 0 Å². The Hall–Kier alpha value is -1.31. The minimum absolute atomic E-state index is 0.217. The maximum atomic E-state index is 11.3. The summed E-state index contributed by atoms with van der Waals surface area (Å²) >= 11 is 0. The van der Waals surface area contributed by atoms with E-state index in [1.807, 2.05) is 18.2 Å². The molecule has 116 valence electrons. The van der Waals surface area contributed by atoms with Crippen LogP contribution < -0.4 is 19.3 Å². The molecule has 1 saturated carbocycles. The molecule has 7 heteroatoms. The Labute approximate surface area is 124 Å². The van der Waals surface area contributed by atoms with E-state index in [1.165, 1.54) is 6.42 Å². The number of benzene rings is 1. The lowest BCUT2D eigenvalue weighted by Crippen LogP contribution is -2.44. The Morgan fingerprint density at radius 2 is 1.86 bits per heavy atom. The largest absolute Gasteiger partial charge is 0.454 e. The Morgan fingerprint density at radius 1 is 1.14 bits per heavy atom. The number of ether oxygens (including phenoxy) is 2. The highest BCUT2D eigenvalue weighted by Crippen LogP contribution is 2.43. The number of hydrogen-bond acceptors (Lipinski definition) is 4. The third-order valence-electron chi connectivity index (χ3n) is 4.41. The first kappa shape index (κ1) is 14.6. The zero-order valence-corrected chi connectivity index (χ0v) is 12.6. The molecule has 0 saturated heterocycles. The first-order valence-corrected chi connectivity index (χ1v) is 8.71. The van der Waals surface area contributed by atoms with Gasteiger partial charge in [-0.25, -0.2) is 9.86 Å². The Balaban J connectivity index is 1.91. The van der Waals surface area contributed by atoms with Gasteiger partial charge in [0.25, 0.3) is 10.2 Å². The fourth-order valence-electron chi connectivity index (χ4n) is 3.26. The average molecular weight is 312 g/mol. The quantitative estimate of drug-likeness (QED) is 0.879. The summed E-state index contributed by atoms with van der Waals surface area (Å²) in [6, 6.07) is 5.87. The highest BCUT2D eigenvalue weighted by molar-refractivity contribution is 7.87. The van der Waals surface area contributed by atoms with Gasteiger partial charge >= 0.3 is 0 Å². The average Bonchev–Trinajstić information content (AvgIpc) is 2.93. The molecule has 0 unspecified atom stereocenters. The third kappa shape index (κ3) is 3.14. The minimum atomic E-state index is -3.69. The van der Waals surface area contributed by atoms with Gasteiger partial charge in [0.05, 0.1) is 0 Å². The fraction of sp³-hybridized carbons (Fsp3) is 0.571. The van der Waals surface area contributed by atoms with E-state index >= 15 is 0 Å². The van der Waals surface area contributed by atoms with Crippen molar-refractivity contribution < 1.29 is 17.9 Å². The summed E-state index contributed by atoms with van der Waals surface area (Å²) < 4.78 is 35.8. The molecule has 1 aliphatic carbocycles. The van der Waals surface area contributed by atoms with Crippen LogP contribution in [0.1, 0.15) is 37.7 Å². The van der Waals surface area contributed by atoms with E-state index in [2.05, 4.69) is 4.72 Å². The molecule has 1 fully saturated rings. The van der Waals surface area contributed by atoms with Gasteiger partial charge < -0.3 is 9.47 Å². The lowest BCUT2D eigenvalue weighted by molar-refractivity contribution is 0.174. The van der Waals surface area contributed by atoms with Gasteiger partial charge in [-0.05, 0) is 30.5 Å². The van der Waals surface area contributed by atoms with Gasteiger partial charge in [-0.1, -0.05) is 25.3 Å². The van der Waals surface area contributed by atoms with Crippen molar-refractivity contribution in [2.75, 3.05) is 13.3 Å². The van der Waals surface area contributed by atoms with Gasteiger partial charge in [0.2, 0.25) is 6.79 Å². The molecule has 1 aromatic rings. The van der Waals surface area contributed by atoms with Crippen LogP contribution in [0.15, 0.2) is 18.2 Å². The van der Waals surface area contributed by atoms with Crippen LogP contribution in [0.3, 0.4) is 0 Å². The Kier molecular flexibility index (Phi) is 3.81. The molecule has 1 aliphatic heterocycles. The van der Waals surface area contributed by atoms with Crippen LogP contribution in [0.5, 0.6) is 11.5 Å². The second-order valence-electron chi connectivity index (χ2n) is 5.78. The summed E-state index contributed by atoms with van der Waals surface area (Å²) in [6.07, 6.45) is 5.23. The predicted molar refractivity (Wildman–Crippen MR) is 78.4 cm³/mol. The highest BCUT2D eigenvalue weighted by Gasteiger charge is 2.35. The first-order chi connectivity index (χ1) is 9.99. The number of hydrogen-bond donors (Lipinski definition) is 2. The fourth-order valence-corrected chi connectivity index (χ4v) is 3.74. The van der Waals surface area contributed by atoms with E-state index < -0.39 is 10.2 Å². The summed E-state index contributed by atoms with van der Waals surface area (Å²) in [5.41, 5.74) is 0.869. The molecule has 1 aromatic carbocycles. The van der Waals surface area contributed by atoms with Gasteiger partial charge in [0, 0.05) is 12.0 Å². The maximum absolute atomic E-state index is 11.3. The Morgan fingerprint density at radius 3 is 2.57 bits per heavy atom. The van der Waals surface area contributed by atoms with Crippen LogP contribution in [0.4, 0.5) is 0 Å². The molecular weight excluding hydrogens is 292 g/mol. The molecule has 0 aromatic heterocycles. The normalized spacial score (nSPS) is 20.4. The van der Waals surface area contributed by atoms with Gasteiger partial charge in [-0.15, -0.1) is 0 Å². The molecule has 0 amide bonds. The van der Waals surface area contributed by atoms with Gasteiger partial charge in [0.1, 0.15) is 0 Å². The van der Waals surface area contributed by atoms with Crippen molar-refractivity contribution in [1.82, 2.24) is 4.72 Å². The zero-order valence-electron chi connectivity index (χ0n) is 11.8. The van der Waals surface area contributed by atoms with Gasteiger partial charge in [-0.2, -0.15) is 8.42 Å². The summed E-state index contributed by atoms with van der Waals surface area (Å²) in [7, 11) is -3.69. The van der Waals surface area contributed by atoms with Crippen molar-refractivity contribution in [3.05, 3.63) is 23.8 Å². The first-order valence-electron chi connectivity index (χ1n) is 7.16. The molecule has 3 N–H and O–H groups in total. The summed E-state index contributed by atoms with van der Waals surface area (Å²) in [4.78, 5) is 0. The summed E-state index contributed by atoms with van der Waals surface area (Å²) in [5, 5.41) is 5.10. The zero-order chi connectivity index (χ0) is 14.9. The second-order valence-corrected chi connectivity index (χ2v) is 7.15. The lowest BCUT2D eigenvalue weighted by Gasteiger charge is -2.38. The van der Waals surface area contributed by atoms with Crippen LogP contribution >= 0.6 is 0 Å². The molecular formula is C14H20N2O4S. The van der Waals surface area contributed by atoms with Gasteiger partial charge in [0.15, 0.2) is 11.5 Å². The predicted octanol–water partition coefficient (Wildman–Crippen LogP) is 1.41. The number of nitrogens with one attached hydrogen (secondary N) is 1. The monoisotopic (exact) mass is 312 g/mol. The van der Waals surface area contributed by atoms with Crippen molar-refractivity contribution >= 4 is 10.2 Å². The van der Waals surface area contributed by atoms with Crippen LogP contribution in [-0.2, 0) is 15.6 Å². The van der Waals surface area contributed by atoms with E-state index in [0.29, 0.717) is 6.54 Å². The van der Waals surface area contributed by atoms with Crippen molar-refractivity contribution in [3.8, 4) is 11.5 Å². The minimum Gasteiger partial charge on any atom is -0.454 e. The molecule has 3 rings (SSSR count). The van der Waals surface area contributed by atoms with E-state index in [9.17, 15) is 8.42 Å². The van der Waals surface area contributed by atoms with Crippen molar-refractivity contribution in [2.45, 2.75) is 37.5 Å².